The van der Waals surface area contributed by atoms with Gasteiger partial charge in [-0.05, 0) is 40.8 Å². The number of halogens is 2. The van der Waals surface area contributed by atoms with Crippen LogP contribution in [0, 0.1) is 0 Å². The lowest BCUT2D eigenvalue weighted by molar-refractivity contribution is 0.112. The first kappa shape index (κ1) is 15.9. The van der Waals surface area contributed by atoms with Crippen LogP contribution in [0.25, 0.3) is 11.1 Å². The van der Waals surface area contributed by atoms with Crippen LogP contribution >= 0.6 is 23.2 Å². The number of phenolic OH excluding ortho intramolecular Hbond substituents is 1. The molecule has 0 amide bonds. The third kappa shape index (κ3) is 3.22. The Labute approximate surface area is 134 Å². The minimum Gasteiger partial charge on any atom is -0.507 e. The van der Waals surface area contributed by atoms with Crippen molar-refractivity contribution in [3.05, 3.63) is 51.5 Å². The van der Waals surface area contributed by atoms with Crippen molar-refractivity contribution >= 4 is 29.5 Å². The number of aldehydes is 1. The second-order valence-electron chi connectivity index (χ2n) is 5.96. The largest absolute Gasteiger partial charge is 0.507 e. The molecule has 4 heteroatoms. The first-order chi connectivity index (χ1) is 9.74. The molecule has 2 aromatic rings. The maximum absolute atomic E-state index is 11.2. The quantitative estimate of drug-likeness (QED) is 0.744. The summed E-state index contributed by atoms with van der Waals surface area (Å²) in [5.74, 6) is -0.0450. The van der Waals surface area contributed by atoms with Crippen molar-refractivity contribution in [2.24, 2.45) is 0 Å². The van der Waals surface area contributed by atoms with Crippen LogP contribution in [0.2, 0.25) is 10.0 Å². The molecular weight excluding hydrogens is 307 g/mol. The lowest BCUT2D eigenvalue weighted by Crippen LogP contribution is -2.11. The molecule has 2 nitrogen and oxygen atoms in total. The van der Waals surface area contributed by atoms with E-state index in [4.69, 9.17) is 23.2 Å². The van der Waals surface area contributed by atoms with Crippen LogP contribution in [-0.2, 0) is 5.41 Å². The Morgan fingerprint density at radius 3 is 2.24 bits per heavy atom. The Bertz CT molecular complexity index is 701. The maximum atomic E-state index is 11.2. The van der Waals surface area contributed by atoms with E-state index in [1.165, 1.54) is 0 Å². The molecule has 1 N–H and O–H groups in total. The average molecular weight is 323 g/mol. The highest BCUT2D eigenvalue weighted by Crippen LogP contribution is 2.38. The summed E-state index contributed by atoms with van der Waals surface area (Å²) in [7, 11) is 0. The summed E-state index contributed by atoms with van der Waals surface area (Å²) in [4.78, 5) is 11.2. The molecule has 0 radical (unpaired) electrons. The van der Waals surface area contributed by atoms with Crippen LogP contribution < -0.4 is 0 Å². The van der Waals surface area contributed by atoms with E-state index in [-0.39, 0.29) is 16.7 Å². The van der Waals surface area contributed by atoms with Crippen molar-refractivity contribution in [2.45, 2.75) is 26.2 Å². The van der Waals surface area contributed by atoms with E-state index < -0.39 is 0 Å². The predicted molar refractivity (Wildman–Crippen MR) is 87.7 cm³/mol. The van der Waals surface area contributed by atoms with Gasteiger partial charge in [-0.25, -0.2) is 0 Å². The van der Waals surface area contributed by atoms with Gasteiger partial charge in [0.15, 0.2) is 6.29 Å². The standard InChI is InChI=1S/C17H16Cl2O2/c1-17(2,3)12-6-11(9-20)16(21)13(8-12)10-4-5-14(18)15(19)7-10/h4-9,21H,1-3H3. The van der Waals surface area contributed by atoms with Crippen molar-refractivity contribution in [1.29, 1.82) is 0 Å². The summed E-state index contributed by atoms with van der Waals surface area (Å²) >= 11 is 12.0. The molecule has 0 aliphatic rings. The molecule has 0 atom stereocenters. The van der Waals surface area contributed by atoms with Gasteiger partial charge in [0.05, 0.1) is 15.6 Å². The molecule has 2 aromatic carbocycles. The van der Waals surface area contributed by atoms with E-state index >= 15 is 0 Å². The predicted octanol–water partition coefficient (Wildman–Crippen LogP) is 5.48. The fourth-order valence-corrected chi connectivity index (χ4v) is 2.36. The van der Waals surface area contributed by atoms with E-state index in [9.17, 15) is 9.90 Å². The maximum Gasteiger partial charge on any atom is 0.153 e. The highest BCUT2D eigenvalue weighted by atomic mass is 35.5. The summed E-state index contributed by atoms with van der Waals surface area (Å²) in [5.41, 5.74) is 2.38. The van der Waals surface area contributed by atoms with Gasteiger partial charge < -0.3 is 5.11 Å². The second kappa shape index (κ2) is 5.70. The number of benzene rings is 2. The highest BCUT2D eigenvalue weighted by Gasteiger charge is 2.19. The summed E-state index contributed by atoms with van der Waals surface area (Å²) in [5, 5.41) is 11.1. The second-order valence-corrected chi connectivity index (χ2v) is 6.77. The van der Waals surface area contributed by atoms with E-state index in [1.807, 2.05) is 26.8 Å². The topological polar surface area (TPSA) is 37.3 Å². The lowest BCUT2D eigenvalue weighted by Gasteiger charge is -2.21. The van der Waals surface area contributed by atoms with Crippen LogP contribution in [0.3, 0.4) is 0 Å². The number of aromatic hydroxyl groups is 1. The van der Waals surface area contributed by atoms with Gasteiger partial charge >= 0.3 is 0 Å². The van der Waals surface area contributed by atoms with Gasteiger partial charge in [-0.1, -0.05) is 50.0 Å². The molecule has 0 fully saturated rings. The Morgan fingerprint density at radius 2 is 1.71 bits per heavy atom. The molecule has 0 aromatic heterocycles. The molecule has 0 heterocycles. The number of phenols is 1. The molecule has 0 spiro atoms. The zero-order valence-electron chi connectivity index (χ0n) is 12.1. The smallest absolute Gasteiger partial charge is 0.153 e. The van der Waals surface area contributed by atoms with Crippen molar-refractivity contribution in [3.8, 4) is 16.9 Å². The Kier molecular flexibility index (Phi) is 4.31. The van der Waals surface area contributed by atoms with Crippen LogP contribution in [-0.4, -0.2) is 11.4 Å². The molecule has 21 heavy (non-hydrogen) atoms. The Balaban J connectivity index is 2.72. The Morgan fingerprint density at radius 1 is 1.05 bits per heavy atom. The molecule has 0 unspecified atom stereocenters. The third-order valence-electron chi connectivity index (χ3n) is 3.36. The van der Waals surface area contributed by atoms with Crippen LogP contribution in [0.1, 0.15) is 36.7 Å². The molecule has 2 rings (SSSR count). The van der Waals surface area contributed by atoms with Crippen LogP contribution in [0.5, 0.6) is 5.75 Å². The third-order valence-corrected chi connectivity index (χ3v) is 4.10. The monoisotopic (exact) mass is 322 g/mol. The number of carbonyl (C=O) groups is 1. The summed E-state index contributed by atoms with van der Waals surface area (Å²) in [6, 6.07) is 8.71. The van der Waals surface area contributed by atoms with Gasteiger partial charge in [-0.2, -0.15) is 0 Å². The van der Waals surface area contributed by atoms with E-state index in [0.29, 0.717) is 21.9 Å². The summed E-state index contributed by atoms with van der Waals surface area (Å²) in [6.45, 7) is 6.14. The lowest BCUT2D eigenvalue weighted by atomic mass is 9.84. The zero-order chi connectivity index (χ0) is 15.8. The van der Waals surface area contributed by atoms with E-state index in [1.54, 1.807) is 24.3 Å². The molecule has 0 aliphatic heterocycles. The first-order valence-corrected chi connectivity index (χ1v) is 7.27. The fraction of sp³-hybridized carbons (Fsp3) is 0.235. The average Bonchev–Trinajstić information content (AvgIpc) is 2.41. The van der Waals surface area contributed by atoms with Crippen molar-refractivity contribution in [3.63, 3.8) is 0 Å². The van der Waals surface area contributed by atoms with Gasteiger partial charge in [-0.3, -0.25) is 4.79 Å². The fourth-order valence-electron chi connectivity index (χ4n) is 2.06. The Hall–Kier alpha value is -1.51. The van der Waals surface area contributed by atoms with Gasteiger partial charge in [0.1, 0.15) is 5.75 Å². The highest BCUT2D eigenvalue weighted by molar-refractivity contribution is 6.42. The first-order valence-electron chi connectivity index (χ1n) is 6.52. The minimum absolute atomic E-state index is 0.0450. The van der Waals surface area contributed by atoms with Crippen LogP contribution in [0.15, 0.2) is 30.3 Å². The molecular formula is C17H16Cl2O2. The molecule has 0 aliphatic carbocycles. The van der Waals surface area contributed by atoms with Gasteiger partial charge in [-0.15, -0.1) is 0 Å². The van der Waals surface area contributed by atoms with Gasteiger partial charge in [0.25, 0.3) is 0 Å². The number of carbonyl (C=O) groups excluding carboxylic acids is 1. The summed E-state index contributed by atoms with van der Waals surface area (Å²) < 4.78 is 0. The van der Waals surface area contributed by atoms with Crippen molar-refractivity contribution in [2.75, 3.05) is 0 Å². The van der Waals surface area contributed by atoms with Gasteiger partial charge in [0.2, 0.25) is 0 Å². The number of hydrogen-bond donors (Lipinski definition) is 1. The minimum atomic E-state index is -0.142. The van der Waals surface area contributed by atoms with Crippen molar-refractivity contribution < 1.29 is 9.90 Å². The van der Waals surface area contributed by atoms with Gasteiger partial charge in [0, 0.05) is 5.56 Å². The molecule has 110 valence electrons. The number of hydrogen-bond acceptors (Lipinski definition) is 2. The molecule has 0 saturated carbocycles. The van der Waals surface area contributed by atoms with Crippen molar-refractivity contribution in [1.82, 2.24) is 0 Å². The summed E-state index contributed by atoms with van der Waals surface area (Å²) in [6.07, 6.45) is 0.658. The normalized spacial score (nSPS) is 11.5. The number of rotatable bonds is 2. The van der Waals surface area contributed by atoms with E-state index in [0.717, 1.165) is 11.1 Å². The molecule has 0 saturated heterocycles. The SMILES string of the molecule is CC(C)(C)c1cc(C=O)c(O)c(-c2ccc(Cl)c(Cl)c2)c1. The van der Waals surface area contributed by atoms with Crippen LogP contribution in [0.4, 0.5) is 0 Å². The zero-order valence-corrected chi connectivity index (χ0v) is 13.6. The molecule has 0 bridgehead atoms. The van der Waals surface area contributed by atoms with E-state index in [2.05, 4.69) is 0 Å².